The molecule has 0 aliphatic carbocycles. The molecular weight excluding hydrogens is 186 g/mol. The highest BCUT2D eigenvalue weighted by Gasteiger charge is 1.93. The highest BCUT2D eigenvalue weighted by molar-refractivity contribution is 7.80. The van der Waals surface area contributed by atoms with Crippen molar-refractivity contribution >= 4 is 23.5 Å². The molecule has 5 heteroatoms. The molecule has 0 saturated carbocycles. The summed E-state index contributed by atoms with van der Waals surface area (Å²) in [7, 11) is 0. The molecule has 0 aliphatic heterocycles. The van der Waals surface area contributed by atoms with E-state index in [-0.39, 0.29) is 10.9 Å². The Bertz CT molecular complexity index is 338. The molecule has 0 atom stereocenters. The van der Waals surface area contributed by atoms with Crippen molar-refractivity contribution in [1.29, 1.82) is 0 Å². The minimum absolute atomic E-state index is 0.0895. The second-order valence-corrected chi connectivity index (χ2v) is 2.73. The lowest BCUT2D eigenvalue weighted by Crippen LogP contribution is -2.23. The summed E-state index contributed by atoms with van der Waals surface area (Å²) in [4.78, 5) is 0. The van der Waals surface area contributed by atoms with Gasteiger partial charge in [-0.2, -0.15) is 5.10 Å². The first-order chi connectivity index (χ1) is 6.20. The van der Waals surface area contributed by atoms with Gasteiger partial charge < -0.3 is 10.8 Å². The summed E-state index contributed by atoms with van der Waals surface area (Å²) in [5.41, 5.74) is 8.13. The normalized spacial score (nSPS) is 10.2. The molecule has 0 aromatic heterocycles. The van der Waals surface area contributed by atoms with Crippen molar-refractivity contribution in [3.05, 3.63) is 29.8 Å². The van der Waals surface area contributed by atoms with Crippen LogP contribution in [0.25, 0.3) is 0 Å². The number of phenolic OH excluding ortho intramolecular Hbond substituents is 1. The van der Waals surface area contributed by atoms with Crippen LogP contribution in [-0.4, -0.2) is 16.4 Å². The number of hydrazone groups is 1. The summed E-state index contributed by atoms with van der Waals surface area (Å²) in [5.74, 6) is 0.163. The molecule has 1 rings (SSSR count). The first-order valence-corrected chi connectivity index (χ1v) is 3.97. The van der Waals surface area contributed by atoms with Gasteiger partial charge in [0, 0.05) is 5.56 Å². The van der Waals surface area contributed by atoms with E-state index in [1.165, 1.54) is 6.21 Å². The second kappa shape index (κ2) is 4.42. The number of hydrogen-bond acceptors (Lipinski definition) is 3. The van der Waals surface area contributed by atoms with Crippen molar-refractivity contribution in [1.82, 2.24) is 5.43 Å². The maximum Gasteiger partial charge on any atom is 0.184 e. The first-order valence-electron chi connectivity index (χ1n) is 3.56. The van der Waals surface area contributed by atoms with Gasteiger partial charge in [-0.25, -0.2) is 0 Å². The van der Waals surface area contributed by atoms with Gasteiger partial charge in [-0.1, -0.05) is 12.1 Å². The van der Waals surface area contributed by atoms with E-state index >= 15 is 0 Å². The average molecular weight is 195 g/mol. The molecule has 1 aromatic rings. The molecule has 0 fully saturated rings. The SMILES string of the molecule is NC(=S)N/N=C/c1ccccc1O. The van der Waals surface area contributed by atoms with Gasteiger partial charge in [0.15, 0.2) is 5.11 Å². The smallest absolute Gasteiger partial charge is 0.184 e. The number of nitrogens with two attached hydrogens (primary N) is 1. The standard InChI is InChI=1S/C8H9N3OS/c9-8(13)11-10-5-6-3-1-2-4-7(6)12/h1-5,12H,(H3,9,11,13)/b10-5+. The first kappa shape index (κ1) is 9.47. The van der Waals surface area contributed by atoms with Crippen LogP contribution < -0.4 is 11.2 Å². The van der Waals surface area contributed by atoms with Crippen molar-refractivity contribution in [2.75, 3.05) is 0 Å². The van der Waals surface area contributed by atoms with Gasteiger partial charge in [-0.05, 0) is 24.4 Å². The van der Waals surface area contributed by atoms with E-state index < -0.39 is 0 Å². The third-order valence-electron chi connectivity index (χ3n) is 1.32. The molecule has 0 aliphatic rings. The lowest BCUT2D eigenvalue weighted by Gasteiger charge is -1.97. The summed E-state index contributed by atoms with van der Waals surface area (Å²) >= 11 is 4.53. The molecule has 4 N–H and O–H groups in total. The van der Waals surface area contributed by atoms with Gasteiger partial charge in [-0.15, -0.1) is 0 Å². The number of para-hydroxylation sites is 1. The molecule has 0 saturated heterocycles. The molecule has 13 heavy (non-hydrogen) atoms. The van der Waals surface area contributed by atoms with Crippen molar-refractivity contribution < 1.29 is 5.11 Å². The Morgan fingerprint density at radius 3 is 2.85 bits per heavy atom. The number of rotatable bonds is 2. The van der Waals surface area contributed by atoms with Crippen molar-refractivity contribution in [3.8, 4) is 5.75 Å². The van der Waals surface area contributed by atoms with Gasteiger partial charge in [0.25, 0.3) is 0 Å². The van der Waals surface area contributed by atoms with E-state index in [9.17, 15) is 5.11 Å². The third kappa shape index (κ3) is 3.08. The number of hydrogen-bond donors (Lipinski definition) is 3. The number of nitrogens with one attached hydrogen (secondary N) is 1. The van der Waals surface area contributed by atoms with Crippen LogP contribution in [0.2, 0.25) is 0 Å². The fourth-order valence-electron chi connectivity index (χ4n) is 0.762. The molecular formula is C8H9N3OS. The highest BCUT2D eigenvalue weighted by atomic mass is 32.1. The van der Waals surface area contributed by atoms with Crippen LogP contribution in [0.15, 0.2) is 29.4 Å². The summed E-state index contributed by atoms with van der Waals surface area (Å²) in [6, 6.07) is 6.82. The Morgan fingerprint density at radius 1 is 1.54 bits per heavy atom. The van der Waals surface area contributed by atoms with E-state index in [4.69, 9.17) is 5.73 Å². The average Bonchev–Trinajstić information content (AvgIpc) is 2.08. The van der Waals surface area contributed by atoms with Crippen LogP contribution in [-0.2, 0) is 0 Å². The summed E-state index contributed by atoms with van der Waals surface area (Å²) in [5, 5.41) is 13.1. The zero-order valence-electron chi connectivity index (χ0n) is 6.77. The topological polar surface area (TPSA) is 70.6 Å². The van der Waals surface area contributed by atoms with Crippen LogP contribution in [0.1, 0.15) is 5.56 Å². The predicted molar refractivity (Wildman–Crippen MR) is 55.6 cm³/mol. The molecule has 0 radical (unpaired) electrons. The molecule has 0 heterocycles. The summed E-state index contributed by atoms with van der Waals surface area (Å²) in [6.45, 7) is 0. The molecule has 4 nitrogen and oxygen atoms in total. The molecule has 1 aromatic carbocycles. The number of benzene rings is 1. The lowest BCUT2D eigenvalue weighted by atomic mass is 10.2. The zero-order chi connectivity index (χ0) is 9.68. The third-order valence-corrected chi connectivity index (χ3v) is 1.41. The Labute approximate surface area is 81.1 Å². The summed E-state index contributed by atoms with van der Waals surface area (Å²) < 4.78 is 0. The van der Waals surface area contributed by atoms with Crippen LogP contribution in [0.4, 0.5) is 0 Å². The largest absolute Gasteiger partial charge is 0.507 e. The van der Waals surface area contributed by atoms with E-state index in [2.05, 4.69) is 22.7 Å². The van der Waals surface area contributed by atoms with Gasteiger partial charge in [0.2, 0.25) is 0 Å². The zero-order valence-corrected chi connectivity index (χ0v) is 7.58. The van der Waals surface area contributed by atoms with Gasteiger partial charge in [0.1, 0.15) is 5.75 Å². The molecule has 0 bridgehead atoms. The van der Waals surface area contributed by atoms with Crippen molar-refractivity contribution in [3.63, 3.8) is 0 Å². The van der Waals surface area contributed by atoms with E-state index in [0.29, 0.717) is 5.56 Å². The maximum atomic E-state index is 9.29. The van der Waals surface area contributed by atoms with Crippen molar-refractivity contribution in [2.45, 2.75) is 0 Å². The van der Waals surface area contributed by atoms with Crippen LogP contribution in [0.3, 0.4) is 0 Å². The predicted octanol–water partition coefficient (Wildman–Crippen LogP) is 0.559. The minimum atomic E-state index is 0.0895. The molecule has 0 unspecified atom stereocenters. The van der Waals surface area contributed by atoms with Crippen LogP contribution in [0.5, 0.6) is 5.75 Å². The Balaban J connectivity index is 2.68. The fourth-order valence-corrected chi connectivity index (χ4v) is 0.815. The number of aromatic hydroxyl groups is 1. The number of nitrogens with zero attached hydrogens (tertiary/aromatic N) is 1. The Kier molecular flexibility index (Phi) is 3.22. The molecule has 68 valence electrons. The number of phenols is 1. The monoisotopic (exact) mass is 195 g/mol. The van der Waals surface area contributed by atoms with E-state index in [0.717, 1.165) is 0 Å². The van der Waals surface area contributed by atoms with E-state index in [1.807, 2.05) is 0 Å². The van der Waals surface area contributed by atoms with Crippen molar-refractivity contribution in [2.24, 2.45) is 10.8 Å². The van der Waals surface area contributed by atoms with Gasteiger partial charge >= 0.3 is 0 Å². The molecule has 0 spiro atoms. The fraction of sp³-hybridized carbons (Fsp3) is 0. The minimum Gasteiger partial charge on any atom is -0.507 e. The van der Waals surface area contributed by atoms with E-state index in [1.54, 1.807) is 24.3 Å². The highest BCUT2D eigenvalue weighted by Crippen LogP contribution is 2.12. The Morgan fingerprint density at radius 2 is 2.23 bits per heavy atom. The second-order valence-electron chi connectivity index (χ2n) is 2.29. The quantitative estimate of drug-likeness (QED) is 0.366. The van der Waals surface area contributed by atoms with Gasteiger partial charge in [0.05, 0.1) is 6.21 Å². The van der Waals surface area contributed by atoms with Crippen LogP contribution >= 0.6 is 12.2 Å². The number of thiocarbonyl (C=S) groups is 1. The maximum absolute atomic E-state index is 9.29. The Hall–Kier alpha value is -1.62. The lowest BCUT2D eigenvalue weighted by molar-refractivity contribution is 0.474. The summed E-state index contributed by atoms with van der Waals surface area (Å²) in [6.07, 6.45) is 1.44. The van der Waals surface area contributed by atoms with Crippen LogP contribution in [0, 0.1) is 0 Å². The van der Waals surface area contributed by atoms with Gasteiger partial charge in [-0.3, -0.25) is 5.43 Å². The molecule has 0 amide bonds.